The van der Waals surface area contributed by atoms with E-state index in [4.69, 9.17) is 18.5 Å². The van der Waals surface area contributed by atoms with Gasteiger partial charge in [-0.3, -0.25) is 13.8 Å². The van der Waals surface area contributed by atoms with Crippen molar-refractivity contribution in [1.82, 2.24) is 0 Å². The Morgan fingerprint density at radius 3 is 1.73 bits per heavy atom. The van der Waals surface area contributed by atoms with E-state index in [1.54, 1.807) is 0 Å². The van der Waals surface area contributed by atoms with Gasteiger partial charge in [-0.05, 0) is 64.2 Å². The number of rotatable bonds is 36. The molecule has 0 saturated heterocycles. The van der Waals surface area contributed by atoms with Crippen LogP contribution in [-0.2, 0) is 27.9 Å². The lowest BCUT2D eigenvalue weighted by Crippen LogP contribution is -2.37. The Labute approximate surface area is 302 Å². The van der Waals surface area contributed by atoms with E-state index < -0.39 is 13.9 Å². The zero-order valence-electron chi connectivity index (χ0n) is 32.4. The number of phosphoric acid groups is 1. The monoisotopic (exact) mass is 715 g/mol. The molecule has 0 aliphatic rings. The molecule has 0 saturated carbocycles. The fourth-order valence-electron chi connectivity index (χ4n) is 5.03. The second-order valence-corrected chi connectivity index (χ2v) is 15.8. The summed E-state index contributed by atoms with van der Waals surface area (Å²) in [5.41, 5.74) is 0. The summed E-state index contributed by atoms with van der Waals surface area (Å²) in [5.74, 6) is -0.332. The van der Waals surface area contributed by atoms with Crippen molar-refractivity contribution in [2.45, 2.75) is 161 Å². The first-order chi connectivity index (χ1) is 23.6. The first-order valence-electron chi connectivity index (χ1n) is 19.7. The normalized spacial score (nSPS) is 14.3. The van der Waals surface area contributed by atoms with Gasteiger partial charge in [-0.25, -0.2) is 4.57 Å². The van der Waals surface area contributed by atoms with Crippen LogP contribution in [0.15, 0.2) is 36.5 Å². The van der Waals surface area contributed by atoms with E-state index in [-0.39, 0.29) is 25.8 Å². The Morgan fingerprint density at radius 1 is 0.633 bits per heavy atom. The number of likely N-dealkylation sites (N-methyl/N-ethyl adjacent to an activating group) is 1. The van der Waals surface area contributed by atoms with Crippen molar-refractivity contribution in [3.8, 4) is 0 Å². The van der Waals surface area contributed by atoms with Crippen LogP contribution in [0.4, 0.5) is 0 Å². The quantitative estimate of drug-likeness (QED) is 0.0227. The molecule has 0 bridgehead atoms. The van der Waals surface area contributed by atoms with Crippen LogP contribution in [0.1, 0.15) is 155 Å². The van der Waals surface area contributed by atoms with Gasteiger partial charge < -0.3 is 18.9 Å². The minimum Gasteiger partial charge on any atom is -0.457 e. The topological polar surface area (TPSA) is 91.3 Å². The van der Waals surface area contributed by atoms with Crippen molar-refractivity contribution < 1.29 is 37.3 Å². The van der Waals surface area contributed by atoms with Crippen LogP contribution in [0.5, 0.6) is 0 Å². The van der Waals surface area contributed by atoms with Gasteiger partial charge in [0.25, 0.3) is 0 Å². The molecule has 49 heavy (non-hydrogen) atoms. The lowest BCUT2D eigenvalue weighted by atomic mass is 10.1. The molecule has 288 valence electrons. The number of quaternary nitrogens is 1. The number of nitrogens with zero attached hydrogens (tertiary/aromatic N) is 1. The molecule has 0 amide bonds. The molecule has 2 atom stereocenters. The lowest BCUT2D eigenvalue weighted by Gasteiger charge is -2.24. The van der Waals surface area contributed by atoms with Crippen LogP contribution in [0.25, 0.3) is 0 Å². The minimum atomic E-state index is -4.27. The van der Waals surface area contributed by atoms with Gasteiger partial charge in [-0.15, -0.1) is 0 Å². The van der Waals surface area contributed by atoms with Gasteiger partial charge >= 0.3 is 13.8 Å². The van der Waals surface area contributed by atoms with Gasteiger partial charge in [0.15, 0.2) is 0 Å². The predicted octanol–water partition coefficient (Wildman–Crippen LogP) is 11.0. The van der Waals surface area contributed by atoms with Crippen molar-refractivity contribution >= 4 is 13.8 Å². The van der Waals surface area contributed by atoms with E-state index >= 15 is 0 Å². The van der Waals surface area contributed by atoms with Gasteiger partial charge in [0.1, 0.15) is 19.3 Å². The lowest BCUT2D eigenvalue weighted by molar-refractivity contribution is -0.870. The van der Waals surface area contributed by atoms with E-state index in [1.165, 1.54) is 77.0 Å². The van der Waals surface area contributed by atoms with Crippen molar-refractivity contribution in [2.75, 3.05) is 54.1 Å². The Bertz CT molecular complexity index is 884. The number of hydrogen-bond acceptors (Lipinski definition) is 6. The van der Waals surface area contributed by atoms with Gasteiger partial charge in [0.2, 0.25) is 0 Å². The Hall–Kier alpha value is -1.28. The molecular formula is C40H77NO7P+. The molecule has 0 aromatic rings. The van der Waals surface area contributed by atoms with Crippen LogP contribution in [0.2, 0.25) is 0 Å². The van der Waals surface area contributed by atoms with Crippen LogP contribution in [0, 0.1) is 0 Å². The Kier molecular flexibility index (Phi) is 33.0. The molecule has 0 radical (unpaired) electrons. The largest absolute Gasteiger partial charge is 0.472 e. The number of ether oxygens (including phenoxy) is 2. The summed E-state index contributed by atoms with van der Waals surface area (Å²) >= 11 is 0. The highest BCUT2D eigenvalue weighted by Gasteiger charge is 2.26. The molecule has 0 spiro atoms. The third kappa shape index (κ3) is 37.8. The second kappa shape index (κ2) is 33.8. The molecule has 0 aliphatic heterocycles. The number of allylic oxidation sites excluding steroid dienone is 6. The molecule has 0 aromatic carbocycles. The van der Waals surface area contributed by atoms with E-state index in [2.05, 4.69) is 50.3 Å². The maximum absolute atomic E-state index is 12.6. The molecule has 0 aromatic heterocycles. The molecule has 9 heteroatoms. The SMILES string of the molecule is CCCC/C=C\CCCCCCCCOCC(COP(=O)(O)OCC[N+](C)(C)C)OC(=O)CCCCCCC/C=C\C/C=C\CCCCC. The molecule has 0 rings (SSSR count). The summed E-state index contributed by atoms with van der Waals surface area (Å²) < 4.78 is 34.8. The minimum absolute atomic E-state index is 0.0840. The number of hydrogen-bond donors (Lipinski definition) is 1. The molecule has 0 heterocycles. The zero-order valence-corrected chi connectivity index (χ0v) is 33.3. The van der Waals surface area contributed by atoms with E-state index in [0.717, 1.165) is 57.8 Å². The van der Waals surface area contributed by atoms with Crippen molar-refractivity contribution in [3.63, 3.8) is 0 Å². The Balaban J connectivity index is 4.33. The summed E-state index contributed by atoms with van der Waals surface area (Å²) in [5, 5.41) is 0. The van der Waals surface area contributed by atoms with Gasteiger partial charge in [-0.2, -0.15) is 0 Å². The van der Waals surface area contributed by atoms with Crippen LogP contribution in [0.3, 0.4) is 0 Å². The van der Waals surface area contributed by atoms with Crippen molar-refractivity contribution in [1.29, 1.82) is 0 Å². The van der Waals surface area contributed by atoms with Crippen LogP contribution >= 0.6 is 7.82 Å². The molecule has 0 fully saturated rings. The number of carbonyl (C=O) groups is 1. The molecule has 0 aliphatic carbocycles. The molecule has 2 unspecified atom stereocenters. The predicted molar refractivity (Wildman–Crippen MR) is 206 cm³/mol. The number of phosphoric ester groups is 1. The summed E-state index contributed by atoms with van der Waals surface area (Å²) in [6, 6.07) is 0. The van der Waals surface area contributed by atoms with Gasteiger partial charge in [0, 0.05) is 13.0 Å². The highest BCUT2D eigenvalue weighted by molar-refractivity contribution is 7.47. The first kappa shape index (κ1) is 47.7. The summed E-state index contributed by atoms with van der Waals surface area (Å²) in [7, 11) is 1.65. The highest BCUT2D eigenvalue weighted by Crippen LogP contribution is 2.43. The van der Waals surface area contributed by atoms with E-state index in [0.29, 0.717) is 24.1 Å². The summed E-state index contributed by atoms with van der Waals surface area (Å²) in [4.78, 5) is 22.8. The molecule has 1 N–H and O–H groups in total. The number of esters is 1. The highest BCUT2D eigenvalue weighted by atomic mass is 31.2. The van der Waals surface area contributed by atoms with Gasteiger partial charge in [0.05, 0.1) is 34.4 Å². The van der Waals surface area contributed by atoms with Crippen LogP contribution < -0.4 is 0 Å². The maximum atomic E-state index is 12.6. The third-order valence-corrected chi connectivity index (χ3v) is 9.16. The third-order valence-electron chi connectivity index (χ3n) is 8.17. The average Bonchev–Trinajstić information content (AvgIpc) is 3.04. The average molecular weight is 715 g/mol. The second-order valence-electron chi connectivity index (χ2n) is 14.3. The van der Waals surface area contributed by atoms with Crippen LogP contribution in [-0.4, -0.2) is 75.6 Å². The fraction of sp³-hybridized carbons (Fsp3) is 0.825. The molecular weight excluding hydrogens is 637 g/mol. The number of carbonyl (C=O) groups excluding carboxylic acids is 1. The Morgan fingerprint density at radius 2 is 1.14 bits per heavy atom. The summed E-state index contributed by atoms with van der Waals surface area (Å²) in [6.07, 6.45) is 37.4. The van der Waals surface area contributed by atoms with Crippen molar-refractivity contribution in [2.24, 2.45) is 0 Å². The standard InChI is InChI=1S/C40H76NO7P/c1-6-8-10-12-14-16-18-20-21-22-23-25-27-29-31-33-40(42)48-39(38-47-49(43,44)46-36-34-41(3,4)5)37-45-35-32-30-28-26-24-19-17-15-13-11-9-7-2/h13-16,20-21,39H,6-12,17-19,22-38H2,1-5H3/p+1/b15-13-,16-14-,21-20-. The van der Waals surface area contributed by atoms with Gasteiger partial charge in [-0.1, -0.05) is 121 Å². The van der Waals surface area contributed by atoms with Crippen molar-refractivity contribution in [3.05, 3.63) is 36.5 Å². The van der Waals surface area contributed by atoms with E-state index in [9.17, 15) is 14.3 Å². The maximum Gasteiger partial charge on any atom is 0.472 e. The smallest absolute Gasteiger partial charge is 0.457 e. The fourth-order valence-corrected chi connectivity index (χ4v) is 5.77. The zero-order chi connectivity index (χ0) is 36.3. The van der Waals surface area contributed by atoms with E-state index in [1.807, 2.05) is 21.1 Å². The molecule has 8 nitrogen and oxygen atoms in total. The number of unbranched alkanes of at least 4 members (excludes halogenated alkanes) is 16. The summed E-state index contributed by atoms with van der Waals surface area (Å²) in [6.45, 7) is 5.52. The first-order valence-corrected chi connectivity index (χ1v) is 21.2.